The summed E-state index contributed by atoms with van der Waals surface area (Å²) in [5.74, 6) is -1.23. The number of sulfone groups is 1. The number of amides is 2. The molecule has 154 valence electrons. The summed E-state index contributed by atoms with van der Waals surface area (Å²) in [5, 5.41) is 2.59. The second kappa shape index (κ2) is 9.68. The van der Waals surface area contributed by atoms with E-state index in [0.29, 0.717) is 18.7 Å². The van der Waals surface area contributed by atoms with Crippen LogP contribution in [0.3, 0.4) is 0 Å². The molecule has 2 rings (SSSR count). The van der Waals surface area contributed by atoms with Crippen LogP contribution in [0.15, 0.2) is 24.3 Å². The van der Waals surface area contributed by atoms with E-state index in [4.69, 9.17) is 4.74 Å². The normalized spacial score (nSPS) is 17.7. The van der Waals surface area contributed by atoms with Gasteiger partial charge in [-0.15, -0.1) is 0 Å². The molecular formula is C19H26N2O6S. The monoisotopic (exact) mass is 410 g/mol. The lowest BCUT2D eigenvalue weighted by Crippen LogP contribution is -2.43. The number of nitrogens with one attached hydrogen (secondary N) is 1. The predicted molar refractivity (Wildman–Crippen MR) is 105 cm³/mol. The van der Waals surface area contributed by atoms with Crippen LogP contribution in [0.1, 0.15) is 43.5 Å². The van der Waals surface area contributed by atoms with Gasteiger partial charge >= 0.3 is 5.97 Å². The van der Waals surface area contributed by atoms with Gasteiger partial charge in [-0.2, -0.15) is 0 Å². The van der Waals surface area contributed by atoms with Crippen LogP contribution >= 0.6 is 0 Å². The minimum Gasteiger partial charge on any atom is -0.452 e. The number of carbonyl (C=O) groups excluding carboxylic acids is 3. The van der Waals surface area contributed by atoms with E-state index in [2.05, 4.69) is 5.32 Å². The average Bonchev–Trinajstić information content (AvgIpc) is 2.99. The molecule has 0 aromatic heterocycles. The van der Waals surface area contributed by atoms with Gasteiger partial charge in [0.15, 0.2) is 16.4 Å². The standard InChI is InChI=1S/C19H26N2O6S/c1-3-4-10-21(17-9-11-28(25,26)13-17)18(23)12-27-19(24)15-5-7-16(8-6-15)20-14(2)22/h5-8,17H,3-4,9-13H2,1-2H3,(H,20,22)/t17-/m1/s1. The third-order valence-corrected chi connectivity index (χ3v) is 6.24. The average molecular weight is 410 g/mol. The highest BCUT2D eigenvalue weighted by molar-refractivity contribution is 7.91. The van der Waals surface area contributed by atoms with Crippen molar-refractivity contribution in [3.63, 3.8) is 0 Å². The molecule has 1 fully saturated rings. The van der Waals surface area contributed by atoms with E-state index in [1.54, 1.807) is 12.1 Å². The Labute approximate surface area is 165 Å². The van der Waals surface area contributed by atoms with Crippen molar-refractivity contribution in [3.8, 4) is 0 Å². The van der Waals surface area contributed by atoms with Crippen molar-refractivity contribution in [2.24, 2.45) is 0 Å². The van der Waals surface area contributed by atoms with Crippen LogP contribution in [-0.4, -0.2) is 61.8 Å². The molecule has 1 aromatic carbocycles. The van der Waals surface area contributed by atoms with Crippen LogP contribution in [0.25, 0.3) is 0 Å². The lowest BCUT2D eigenvalue weighted by molar-refractivity contribution is -0.136. The van der Waals surface area contributed by atoms with Crippen LogP contribution in [0.5, 0.6) is 0 Å². The van der Waals surface area contributed by atoms with Crippen molar-refractivity contribution in [3.05, 3.63) is 29.8 Å². The topological polar surface area (TPSA) is 110 Å². The fourth-order valence-electron chi connectivity index (χ4n) is 3.05. The van der Waals surface area contributed by atoms with Gasteiger partial charge in [-0.25, -0.2) is 13.2 Å². The SMILES string of the molecule is CCCCN(C(=O)COC(=O)c1ccc(NC(C)=O)cc1)[C@@H]1CCS(=O)(=O)C1. The molecule has 0 radical (unpaired) electrons. The van der Waals surface area contributed by atoms with Crippen LogP contribution in [0.4, 0.5) is 5.69 Å². The van der Waals surface area contributed by atoms with Gasteiger partial charge in [0.25, 0.3) is 5.91 Å². The van der Waals surface area contributed by atoms with E-state index in [1.807, 2.05) is 6.92 Å². The Morgan fingerprint density at radius 3 is 2.43 bits per heavy atom. The summed E-state index contributed by atoms with van der Waals surface area (Å²) in [7, 11) is -3.12. The van der Waals surface area contributed by atoms with E-state index in [1.165, 1.54) is 24.0 Å². The third-order valence-electron chi connectivity index (χ3n) is 4.49. The molecule has 0 saturated carbocycles. The largest absolute Gasteiger partial charge is 0.452 e. The molecule has 9 heteroatoms. The fraction of sp³-hybridized carbons (Fsp3) is 0.526. The Hall–Kier alpha value is -2.42. The van der Waals surface area contributed by atoms with E-state index < -0.39 is 28.3 Å². The first-order valence-corrected chi connectivity index (χ1v) is 11.1. The number of esters is 1. The van der Waals surface area contributed by atoms with Gasteiger partial charge in [-0.1, -0.05) is 13.3 Å². The zero-order valence-electron chi connectivity index (χ0n) is 16.1. The maximum Gasteiger partial charge on any atom is 0.338 e. The molecule has 1 aliphatic heterocycles. The summed E-state index contributed by atoms with van der Waals surface area (Å²) >= 11 is 0. The summed E-state index contributed by atoms with van der Waals surface area (Å²) in [6, 6.07) is 5.76. The number of unbranched alkanes of at least 4 members (excludes halogenated alkanes) is 1. The van der Waals surface area contributed by atoms with Crippen molar-refractivity contribution in [1.82, 2.24) is 4.90 Å². The highest BCUT2D eigenvalue weighted by atomic mass is 32.2. The Kier molecular flexibility index (Phi) is 7.56. The number of nitrogens with zero attached hydrogens (tertiary/aromatic N) is 1. The Morgan fingerprint density at radius 1 is 1.21 bits per heavy atom. The Balaban J connectivity index is 1.95. The van der Waals surface area contributed by atoms with E-state index in [-0.39, 0.29) is 29.0 Å². The highest BCUT2D eigenvalue weighted by Crippen LogP contribution is 2.19. The van der Waals surface area contributed by atoms with Gasteiger partial charge < -0.3 is 15.0 Å². The number of ether oxygens (including phenoxy) is 1. The van der Waals surface area contributed by atoms with Crippen molar-refractivity contribution in [1.29, 1.82) is 0 Å². The van der Waals surface area contributed by atoms with Gasteiger partial charge in [-0.05, 0) is 37.1 Å². The van der Waals surface area contributed by atoms with Gasteiger partial charge in [0.05, 0.1) is 17.1 Å². The summed E-state index contributed by atoms with van der Waals surface area (Å²) in [5.41, 5.74) is 0.804. The van der Waals surface area contributed by atoms with Crippen LogP contribution in [-0.2, 0) is 24.2 Å². The molecule has 1 atom stereocenters. The molecule has 1 N–H and O–H groups in total. The molecule has 1 saturated heterocycles. The number of anilines is 1. The van der Waals surface area contributed by atoms with Crippen molar-refractivity contribution in [2.75, 3.05) is 30.0 Å². The molecule has 28 heavy (non-hydrogen) atoms. The molecule has 0 unspecified atom stereocenters. The molecule has 0 aliphatic carbocycles. The number of carbonyl (C=O) groups is 3. The number of rotatable bonds is 8. The predicted octanol–water partition coefficient (Wildman–Crippen LogP) is 1.62. The summed E-state index contributed by atoms with van der Waals surface area (Å²) in [6.45, 7) is 3.37. The fourth-order valence-corrected chi connectivity index (χ4v) is 4.78. The van der Waals surface area contributed by atoms with Crippen LogP contribution < -0.4 is 5.32 Å². The summed E-state index contributed by atoms with van der Waals surface area (Å²) in [4.78, 5) is 37.3. The second-order valence-corrected chi connectivity index (χ2v) is 9.06. The number of benzene rings is 1. The van der Waals surface area contributed by atoms with Crippen LogP contribution in [0.2, 0.25) is 0 Å². The van der Waals surface area contributed by atoms with Crippen molar-refractivity contribution >= 4 is 33.3 Å². The van der Waals surface area contributed by atoms with E-state index >= 15 is 0 Å². The molecule has 0 spiro atoms. The number of hydrogen-bond donors (Lipinski definition) is 1. The van der Waals surface area contributed by atoms with Gasteiger partial charge in [-0.3, -0.25) is 9.59 Å². The maximum atomic E-state index is 12.6. The van der Waals surface area contributed by atoms with Gasteiger partial charge in [0.1, 0.15) is 0 Å². The lowest BCUT2D eigenvalue weighted by atomic mass is 10.2. The van der Waals surface area contributed by atoms with E-state index in [0.717, 1.165) is 12.8 Å². The zero-order chi connectivity index (χ0) is 20.7. The summed E-state index contributed by atoms with van der Waals surface area (Å²) in [6.07, 6.45) is 2.03. The quantitative estimate of drug-likeness (QED) is 0.652. The zero-order valence-corrected chi connectivity index (χ0v) is 17.0. The molecule has 2 amide bonds. The molecule has 1 aromatic rings. The molecule has 1 heterocycles. The molecule has 1 aliphatic rings. The minimum atomic E-state index is -3.12. The van der Waals surface area contributed by atoms with Crippen molar-refractivity contribution < 1.29 is 27.5 Å². The first kappa shape index (κ1) is 21.9. The first-order valence-electron chi connectivity index (χ1n) is 9.26. The number of hydrogen-bond acceptors (Lipinski definition) is 6. The van der Waals surface area contributed by atoms with Gasteiger partial charge in [0, 0.05) is 25.2 Å². The van der Waals surface area contributed by atoms with Crippen LogP contribution in [0, 0.1) is 0 Å². The lowest BCUT2D eigenvalue weighted by Gasteiger charge is -2.28. The Morgan fingerprint density at radius 2 is 1.89 bits per heavy atom. The minimum absolute atomic E-state index is 0.0407. The molecule has 0 bridgehead atoms. The highest BCUT2D eigenvalue weighted by Gasteiger charge is 2.34. The second-order valence-electron chi connectivity index (χ2n) is 6.83. The van der Waals surface area contributed by atoms with E-state index in [9.17, 15) is 22.8 Å². The third kappa shape index (κ3) is 6.33. The molecular weight excluding hydrogens is 384 g/mol. The smallest absolute Gasteiger partial charge is 0.338 e. The summed E-state index contributed by atoms with van der Waals surface area (Å²) < 4.78 is 28.6. The molecule has 8 nitrogen and oxygen atoms in total. The van der Waals surface area contributed by atoms with Gasteiger partial charge in [0.2, 0.25) is 5.91 Å². The van der Waals surface area contributed by atoms with Crippen molar-refractivity contribution in [2.45, 2.75) is 39.2 Å². The maximum absolute atomic E-state index is 12.6. The first-order chi connectivity index (χ1) is 13.2. The Bertz CT molecular complexity index is 819.